The van der Waals surface area contributed by atoms with Gasteiger partial charge >= 0.3 is 0 Å². The Bertz CT molecular complexity index is 321. The van der Waals surface area contributed by atoms with Crippen molar-refractivity contribution in [1.82, 2.24) is 0 Å². The molecule has 0 atom stereocenters. The fourth-order valence-corrected chi connectivity index (χ4v) is 1.23. The molecule has 3 nitrogen and oxygen atoms in total. The van der Waals surface area contributed by atoms with Crippen molar-refractivity contribution in [1.29, 1.82) is 0 Å². The number of hydrogen-bond acceptors (Lipinski definition) is 3. The van der Waals surface area contributed by atoms with Gasteiger partial charge in [0.25, 0.3) is 0 Å². The zero-order chi connectivity index (χ0) is 11.1. The van der Waals surface area contributed by atoms with E-state index in [4.69, 9.17) is 14.6 Å². The average molecular weight is 208 g/mol. The van der Waals surface area contributed by atoms with E-state index in [0.29, 0.717) is 6.79 Å². The zero-order valence-electron chi connectivity index (χ0n) is 8.90. The first-order valence-corrected chi connectivity index (χ1v) is 4.92. The Hall–Kier alpha value is -1.48. The van der Waals surface area contributed by atoms with Gasteiger partial charge in [0, 0.05) is 6.61 Å². The molecule has 0 radical (unpaired) electrons. The summed E-state index contributed by atoms with van der Waals surface area (Å²) >= 11 is 0. The van der Waals surface area contributed by atoms with Crippen molar-refractivity contribution in [3.8, 4) is 11.5 Å². The van der Waals surface area contributed by atoms with Gasteiger partial charge in [0.1, 0.15) is 0 Å². The molecule has 82 valence electrons. The molecular formula is C12H16O3. The maximum absolute atomic E-state index is 7.57. The highest BCUT2D eigenvalue weighted by Gasteiger charge is 2.12. The van der Waals surface area contributed by atoms with Gasteiger partial charge in [-0.25, -0.2) is 0 Å². The number of aliphatic hydroxyl groups excluding tert-OH is 1. The Labute approximate surface area is 90.0 Å². The van der Waals surface area contributed by atoms with Gasteiger partial charge in [-0.3, -0.25) is 0 Å². The third-order valence-electron chi connectivity index (χ3n) is 1.82. The van der Waals surface area contributed by atoms with E-state index < -0.39 is 0 Å². The molecule has 15 heavy (non-hydrogen) atoms. The van der Waals surface area contributed by atoms with Gasteiger partial charge in [-0.05, 0) is 31.0 Å². The van der Waals surface area contributed by atoms with Crippen LogP contribution >= 0.6 is 0 Å². The van der Waals surface area contributed by atoms with Crippen molar-refractivity contribution in [3.05, 3.63) is 36.4 Å². The van der Waals surface area contributed by atoms with Crippen LogP contribution in [0.25, 0.3) is 0 Å². The predicted octanol–water partition coefficient (Wildman–Crippen LogP) is 2.14. The number of rotatable bonds is 2. The van der Waals surface area contributed by atoms with Gasteiger partial charge in [-0.2, -0.15) is 0 Å². The van der Waals surface area contributed by atoms with E-state index >= 15 is 0 Å². The topological polar surface area (TPSA) is 38.7 Å². The molecule has 0 aromatic heterocycles. The lowest BCUT2D eigenvalue weighted by Crippen LogP contribution is -1.92. The Balaban J connectivity index is 0.000000337. The van der Waals surface area contributed by atoms with Crippen LogP contribution in [0.15, 0.2) is 30.9 Å². The second kappa shape index (κ2) is 6.09. The lowest BCUT2D eigenvalue weighted by Gasteiger charge is -1.98. The summed E-state index contributed by atoms with van der Waals surface area (Å²) in [5.74, 6) is 1.68. The molecule has 1 aromatic carbocycles. The predicted molar refractivity (Wildman–Crippen MR) is 59.2 cm³/mol. The summed E-state index contributed by atoms with van der Waals surface area (Å²) in [7, 11) is 0. The van der Waals surface area contributed by atoms with Crippen LogP contribution in [0.3, 0.4) is 0 Å². The fraction of sp³-hybridized carbons (Fsp3) is 0.333. The second-order valence-electron chi connectivity index (χ2n) is 3.00. The molecule has 0 saturated carbocycles. The molecule has 1 heterocycles. The number of allylic oxidation sites excluding steroid dienone is 1. The first-order chi connectivity index (χ1) is 7.31. The van der Waals surface area contributed by atoms with E-state index in [1.165, 1.54) is 5.56 Å². The van der Waals surface area contributed by atoms with Crippen LogP contribution in [0.4, 0.5) is 0 Å². The van der Waals surface area contributed by atoms with Gasteiger partial charge in [-0.1, -0.05) is 12.1 Å². The minimum Gasteiger partial charge on any atom is -0.454 e. The molecule has 0 unspecified atom stereocenters. The summed E-state index contributed by atoms with van der Waals surface area (Å²) in [4.78, 5) is 0. The number of ether oxygens (including phenoxy) is 2. The average Bonchev–Trinajstić information content (AvgIpc) is 2.66. The number of aliphatic hydroxyl groups is 1. The number of benzene rings is 1. The maximum Gasteiger partial charge on any atom is 0.231 e. The summed E-state index contributed by atoms with van der Waals surface area (Å²) in [6.07, 6.45) is 2.74. The molecule has 2 rings (SSSR count). The highest BCUT2D eigenvalue weighted by atomic mass is 16.7. The van der Waals surface area contributed by atoms with Crippen LogP contribution in [0, 0.1) is 0 Å². The summed E-state index contributed by atoms with van der Waals surface area (Å²) < 4.78 is 10.4. The molecule has 1 aliphatic heterocycles. The Kier molecular flexibility index (Phi) is 4.71. The molecular weight excluding hydrogens is 192 g/mol. The van der Waals surface area contributed by atoms with Crippen molar-refractivity contribution in [2.75, 3.05) is 13.4 Å². The molecule has 0 fully saturated rings. The number of hydrogen-bond donors (Lipinski definition) is 1. The maximum atomic E-state index is 7.57. The third kappa shape index (κ3) is 3.29. The smallest absolute Gasteiger partial charge is 0.231 e. The van der Waals surface area contributed by atoms with E-state index in [1.54, 1.807) is 6.92 Å². The van der Waals surface area contributed by atoms with E-state index in [2.05, 4.69) is 6.58 Å². The van der Waals surface area contributed by atoms with Gasteiger partial charge < -0.3 is 14.6 Å². The van der Waals surface area contributed by atoms with E-state index in [9.17, 15) is 0 Å². The molecule has 3 heteroatoms. The van der Waals surface area contributed by atoms with Gasteiger partial charge in [0.2, 0.25) is 6.79 Å². The van der Waals surface area contributed by atoms with Crippen molar-refractivity contribution < 1.29 is 14.6 Å². The van der Waals surface area contributed by atoms with Crippen LogP contribution in [0.2, 0.25) is 0 Å². The second-order valence-corrected chi connectivity index (χ2v) is 3.00. The Morgan fingerprint density at radius 3 is 2.73 bits per heavy atom. The summed E-state index contributed by atoms with van der Waals surface area (Å²) in [5, 5.41) is 7.57. The summed E-state index contributed by atoms with van der Waals surface area (Å²) in [5.41, 5.74) is 1.20. The van der Waals surface area contributed by atoms with Crippen molar-refractivity contribution in [3.63, 3.8) is 0 Å². The van der Waals surface area contributed by atoms with Crippen LogP contribution < -0.4 is 9.47 Å². The minimum absolute atomic E-state index is 0.250. The van der Waals surface area contributed by atoms with Crippen molar-refractivity contribution in [2.24, 2.45) is 0 Å². The van der Waals surface area contributed by atoms with Crippen molar-refractivity contribution in [2.45, 2.75) is 13.3 Å². The van der Waals surface area contributed by atoms with E-state index in [-0.39, 0.29) is 6.61 Å². The minimum atomic E-state index is 0.250. The highest BCUT2D eigenvalue weighted by Crippen LogP contribution is 2.32. The van der Waals surface area contributed by atoms with Gasteiger partial charge in [0.05, 0.1) is 0 Å². The van der Waals surface area contributed by atoms with Gasteiger partial charge in [-0.15, -0.1) is 6.58 Å². The number of fused-ring (bicyclic) bond motifs is 1. The van der Waals surface area contributed by atoms with Crippen LogP contribution in [-0.4, -0.2) is 18.5 Å². The molecule has 1 N–H and O–H groups in total. The van der Waals surface area contributed by atoms with Crippen molar-refractivity contribution >= 4 is 0 Å². The molecule has 0 spiro atoms. The lowest BCUT2D eigenvalue weighted by molar-refractivity contribution is 0.174. The van der Waals surface area contributed by atoms with E-state index in [0.717, 1.165) is 17.9 Å². The molecule has 1 aromatic rings. The fourth-order valence-electron chi connectivity index (χ4n) is 1.23. The standard InChI is InChI=1S/C10H10O2.C2H6O/c1-2-3-8-4-5-9-10(6-8)12-7-11-9;1-2-3/h2,4-6H,1,3,7H2;3H,2H2,1H3. The first-order valence-electron chi connectivity index (χ1n) is 4.92. The quantitative estimate of drug-likeness (QED) is 0.757. The summed E-state index contributed by atoms with van der Waals surface area (Å²) in [6.45, 7) is 5.95. The lowest BCUT2D eigenvalue weighted by atomic mass is 10.1. The molecule has 0 saturated heterocycles. The van der Waals surface area contributed by atoms with E-state index in [1.807, 2.05) is 24.3 Å². The normalized spacial score (nSPS) is 11.6. The molecule has 0 aliphatic carbocycles. The highest BCUT2D eigenvalue weighted by molar-refractivity contribution is 5.44. The first kappa shape index (κ1) is 11.6. The Morgan fingerprint density at radius 1 is 1.40 bits per heavy atom. The third-order valence-corrected chi connectivity index (χ3v) is 1.82. The van der Waals surface area contributed by atoms with Crippen LogP contribution in [-0.2, 0) is 6.42 Å². The largest absolute Gasteiger partial charge is 0.454 e. The SMILES string of the molecule is C=CCc1ccc2c(c1)OCO2.CCO. The van der Waals surface area contributed by atoms with Gasteiger partial charge in [0.15, 0.2) is 11.5 Å². The van der Waals surface area contributed by atoms with Crippen LogP contribution in [0.5, 0.6) is 11.5 Å². The zero-order valence-corrected chi connectivity index (χ0v) is 8.90. The molecule has 1 aliphatic rings. The monoisotopic (exact) mass is 208 g/mol. The van der Waals surface area contributed by atoms with Crippen LogP contribution in [0.1, 0.15) is 12.5 Å². The Morgan fingerprint density at radius 2 is 2.07 bits per heavy atom. The summed E-state index contributed by atoms with van der Waals surface area (Å²) in [6, 6.07) is 5.94. The molecule has 0 amide bonds. The molecule has 0 bridgehead atoms.